The van der Waals surface area contributed by atoms with Crippen molar-refractivity contribution in [3.63, 3.8) is 0 Å². The maximum Gasteiger partial charge on any atom is 0.335 e. The van der Waals surface area contributed by atoms with E-state index in [2.05, 4.69) is 10.5 Å². The van der Waals surface area contributed by atoms with E-state index in [1.165, 1.54) is 42.5 Å². The molecule has 0 saturated carbocycles. The summed E-state index contributed by atoms with van der Waals surface area (Å²) in [6.45, 7) is 0. The summed E-state index contributed by atoms with van der Waals surface area (Å²) in [5, 5.41) is 6.00. The van der Waals surface area contributed by atoms with Crippen LogP contribution in [0.5, 0.6) is 0 Å². The second-order valence-electron chi connectivity index (χ2n) is 5.62. The molecule has 2 N–H and O–H groups in total. The van der Waals surface area contributed by atoms with Crippen molar-refractivity contribution < 1.29 is 23.6 Å². The number of benzene rings is 2. The van der Waals surface area contributed by atoms with Crippen LogP contribution in [0.25, 0.3) is 0 Å². The SMILES string of the molecule is O=C(NN=CC1C(=O)NC(=O)N(c2ccccc2F)C1=O)c1ccc(Cl)cc1. The van der Waals surface area contributed by atoms with E-state index >= 15 is 0 Å². The molecule has 2 aromatic carbocycles. The zero-order valence-corrected chi connectivity index (χ0v) is 14.8. The summed E-state index contributed by atoms with van der Waals surface area (Å²) in [6, 6.07) is 9.99. The van der Waals surface area contributed by atoms with Gasteiger partial charge in [0, 0.05) is 16.8 Å². The van der Waals surface area contributed by atoms with E-state index in [9.17, 15) is 23.6 Å². The molecule has 5 amide bonds. The molecular formula is C18H12ClFN4O4. The molecule has 10 heteroatoms. The van der Waals surface area contributed by atoms with E-state index in [1.807, 2.05) is 5.32 Å². The number of para-hydroxylation sites is 1. The molecule has 0 radical (unpaired) electrons. The summed E-state index contributed by atoms with van der Waals surface area (Å²) in [4.78, 5) is 49.0. The van der Waals surface area contributed by atoms with Crippen molar-refractivity contribution in [1.82, 2.24) is 10.7 Å². The van der Waals surface area contributed by atoms with E-state index in [-0.39, 0.29) is 11.3 Å². The van der Waals surface area contributed by atoms with Gasteiger partial charge in [0.15, 0.2) is 5.92 Å². The number of nitrogens with one attached hydrogen (secondary N) is 2. The number of hydrogen-bond donors (Lipinski definition) is 2. The highest BCUT2D eigenvalue weighted by molar-refractivity contribution is 6.32. The molecule has 1 atom stereocenters. The topological polar surface area (TPSA) is 108 Å². The highest BCUT2D eigenvalue weighted by Crippen LogP contribution is 2.23. The lowest BCUT2D eigenvalue weighted by Crippen LogP contribution is -2.59. The zero-order chi connectivity index (χ0) is 20.3. The van der Waals surface area contributed by atoms with Crippen LogP contribution in [0.15, 0.2) is 53.6 Å². The van der Waals surface area contributed by atoms with Gasteiger partial charge < -0.3 is 0 Å². The standard InChI is InChI=1S/C18H12ClFN4O4/c19-11-7-5-10(6-8-11)15(25)23-21-9-12-16(26)22-18(28)24(17(12)27)14-4-2-1-3-13(14)20/h1-9,12H,(H,23,25)(H,22,26,28). The number of urea groups is 1. The molecule has 0 aliphatic carbocycles. The van der Waals surface area contributed by atoms with Crippen LogP contribution in [0.3, 0.4) is 0 Å². The van der Waals surface area contributed by atoms with Gasteiger partial charge in [-0.1, -0.05) is 23.7 Å². The Labute approximate surface area is 163 Å². The molecule has 0 bridgehead atoms. The van der Waals surface area contributed by atoms with Crippen LogP contribution in [0.4, 0.5) is 14.9 Å². The number of carbonyl (C=O) groups excluding carboxylic acids is 4. The van der Waals surface area contributed by atoms with Gasteiger partial charge in [-0.3, -0.25) is 19.7 Å². The summed E-state index contributed by atoms with van der Waals surface area (Å²) in [6.07, 6.45) is 0.867. The molecule has 1 saturated heterocycles. The average molecular weight is 403 g/mol. The Bertz CT molecular complexity index is 993. The van der Waals surface area contributed by atoms with Crippen LogP contribution in [-0.2, 0) is 9.59 Å². The molecule has 3 rings (SSSR count). The number of hydrogen-bond acceptors (Lipinski definition) is 5. The number of amides is 5. The minimum Gasteiger partial charge on any atom is -0.276 e. The molecule has 2 aromatic rings. The third-order valence-corrected chi connectivity index (χ3v) is 4.04. The third-order valence-electron chi connectivity index (χ3n) is 3.79. The smallest absolute Gasteiger partial charge is 0.276 e. The number of anilines is 1. The minimum atomic E-state index is -1.53. The zero-order valence-electron chi connectivity index (χ0n) is 14.1. The molecule has 142 valence electrons. The van der Waals surface area contributed by atoms with Gasteiger partial charge >= 0.3 is 6.03 Å². The van der Waals surface area contributed by atoms with Crippen molar-refractivity contribution >= 4 is 47.3 Å². The van der Waals surface area contributed by atoms with E-state index in [0.29, 0.717) is 9.92 Å². The van der Waals surface area contributed by atoms with E-state index in [1.54, 1.807) is 0 Å². The maximum atomic E-state index is 14.0. The van der Waals surface area contributed by atoms with Gasteiger partial charge in [0.05, 0.1) is 5.69 Å². The molecule has 1 aliphatic rings. The van der Waals surface area contributed by atoms with Crippen LogP contribution < -0.4 is 15.6 Å². The molecule has 8 nitrogen and oxygen atoms in total. The largest absolute Gasteiger partial charge is 0.335 e. The Hall–Kier alpha value is -3.59. The highest BCUT2D eigenvalue weighted by Gasteiger charge is 2.41. The molecule has 1 unspecified atom stereocenters. The van der Waals surface area contributed by atoms with Crippen molar-refractivity contribution in [3.05, 3.63) is 64.9 Å². The first kappa shape index (κ1) is 19.2. The normalized spacial score (nSPS) is 17.0. The predicted molar refractivity (Wildman–Crippen MR) is 98.3 cm³/mol. The summed E-state index contributed by atoms with van der Waals surface area (Å²) < 4.78 is 14.0. The number of halogens is 2. The predicted octanol–water partition coefficient (Wildman–Crippen LogP) is 2.09. The first-order valence-corrected chi connectivity index (χ1v) is 8.28. The van der Waals surface area contributed by atoms with Gasteiger partial charge in [0.2, 0.25) is 5.91 Å². The van der Waals surface area contributed by atoms with Crippen LogP contribution in [0.1, 0.15) is 10.4 Å². The average Bonchev–Trinajstić information content (AvgIpc) is 2.66. The quantitative estimate of drug-likeness (QED) is 0.463. The fraction of sp³-hybridized carbons (Fsp3) is 0.0556. The fourth-order valence-electron chi connectivity index (χ4n) is 2.42. The number of imide groups is 2. The Kier molecular flexibility index (Phi) is 5.46. The second kappa shape index (κ2) is 7.97. The number of carbonyl (C=O) groups is 4. The van der Waals surface area contributed by atoms with Gasteiger partial charge in [0.25, 0.3) is 11.8 Å². The highest BCUT2D eigenvalue weighted by atomic mass is 35.5. The molecule has 1 heterocycles. The van der Waals surface area contributed by atoms with E-state index < -0.39 is 35.5 Å². The number of barbiturate groups is 1. The summed E-state index contributed by atoms with van der Waals surface area (Å²) >= 11 is 5.74. The molecule has 28 heavy (non-hydrogen) atoms. The van der Waals surface area contributed by atoms with Crippen molar-refractivity contribution in [3.8, 4) is 0 Å². The van der Waals surface area contributed by atoms with Gasteiger partial charge in [-0.15, -0.1) is 0 Å². The van der Waals surface area contributed by atoms with Crippen LogP contribution in [-0.4, -0.2) is 30.0 Å². The number of hydrazone groups is 1. The fourth-order valence-corrected chi connectivity index (χ4v) is 2.55. The first-order valence-electron chi connectivity index (χ1n) is 7.91. The van der Waals surface area contributed by atoms with Crippen molar-refractivity contribution in [2.24, 2.45) is 11.0 Å². The van der Waals surface area contributed by atoms with Gasteiger partial charge in [-0.2, -0.15) is 5.10 Å². The second-order valence-corrected chi connectivity index (χ2v) is 6.06. The van der Waals surface area contributed by atoms with E-state index in [0.717, 1.165) is 12.3 Å². The van der Waals surface area contributed by atoms with Gasteiger partial charge in [0.1, 0.15) is 5.82 Å². The third kappa shape index (κ3) is 3.89. The molecule has 0 aromatic heterocycles. The Morgan fingerprint density at radius 3 is 2.50 bits per heavy atom. The van der Waals surface area contributed by atoms with E-state index in [4.69, 9.17) is 11.6 Å². The minimum absolute atomic E-state index is 0.254. The Balaban J connectivity index is 1.76. The van der Waals surface area contributed by atoms with Gasteiger partial charge in [-0.05, 0) is 36.4 Å². The lowest BCUT2D eigenvalue weighted by Gasteiger charge is -2.28. The summed E-state index contributed by atoms with van der Waals surface area (Å²) in [5.41, 5.74) is 2.11. The van der Waals surface area contributed by atoms with Crippen molar-refractivity contribution in [2.75, 3.05) is 4.90 Å². The van der Waals surface area contributed by atoms with Crippen molar-refractivity contribution in [1.29, 1.82) is 0 Å². The number of rotatable bonds is 4. The van der Waals surface area contributed by atoms with Gasteiger partial charge in [-0.25, -0.2) is 19.5 Å². The monoisotopic (exact) mass is 402 g/mol. The van der Waals surface area contributed by atoms with Crippen LogP contribution >= 0.6 is 11.6 Å². The Morgan fingerprint density at radius 2 is 1.82 bits per heavy atom. The molecule has 1 fully saturated rings. The maximum absolute atomic E-state index is 14.0. The lowest BCUT2D eigenvalue weighted by atomic mass is 10.1. The number of nitrogens with zero attached hydrogens (tertiary/aromatic N) is 2. The molecular weight excluding hydrogens is 391 g/mol. The van der Waals surface area contributed by atoms with Crippen LogP contribution in [0.2, 0.25) is 5.02 Å². The molecule has 0 spiro atoms. The Morgan fingerprint density at radius 1 is 1.14 bits per heavy atom. The van der Waals surface area contributed by atoms with Crippen molar-refractivity contribution in [2.45, 2.75) is 0 Å². The lowest BCUT2D eigenvalue weighted by molar-refractivity contribution is -0.131. The summed E-state index contributed by atoms with van der Waals surface area (Å²) in [5.74, 6) is -4.87. The first-order chi connectivity index (χ1) is 13.4. The summed E-state index contributed by atoms with van der Waals surface area (Å²) in [7, 11) is 0. The molecule has 1 aliphatic heterocycles. The van der Waals surface area contributed by atoms with Crippen LogP contribution in [0, 0.1) is 11.7 Å².